The summed E-state index contributed by atoms with van der Waals surface area (Å²) in [7, 11) is 3.91. The first-order valence-electron chi connectivity index (χ1n) is 8.87. The van der Waals surface area contributed by atoms with Crippen molar-refractivity contribution in [1.29, 1.82) is 0 Å². The van der Waals surface area contributed by atoms with Gasteiger partial charge in [-0.2, -0.15) is 4.98 Å². The molecule has 2 aromatic heterocycles. The van der Waals surface area contributed by atoms with Crippen LogP contribution in [-0.4, -0.2) is 30.0 Å². The second kappa shape index (κ2) is 8.08. The van der Waals surface area contributed by atoms with Crippen molar-refractivity contribution >= 4 is 62.5 Å². The molecule has 0 spiro atoms. The van der Waals surface area contributed by atoms with E-state index >= 15 is 0 Å². The van der Waals surface area contributed by atoms with Crippen LogP contribution >= 0.6 is 22.6 Å². The summed E-state index contributed by atoms with van der Waals surface area (Å²) < 4.78 is 5.99. The van der Waals surface area contributed by atoms with Crippen molar-refractivity contribution in [3.63, 3.8) is 0 Å². The smallest absolute Gasteiger partial charge is 0.291 e. The number of benzene rings is 2. The van der Waals surface area contributed by atoms with Gasteiger partial charge in [0.25, 0.3) is 5.91 Å². The number of anilines is 4. The van der Waals surface area contributed by atoms with Gasteiger partial charge in [0.2, 0.25) is 5.95 Å². The van der Waals surface area contributed by atoms with Crippen LogP contribution in [0.15, 0.2) is 65.1 Å². The highest BCUT2D eigenvalue weighted by Crippen LogP contribution is 2.25. The molecule has 0 aliphatic heterocycles. The number of hydrogen-bond donors (Lipinski definition) is 2. The van der Waals surface area contributed by atoms with E-state index in [-0.39, 0.29) is 11.7 Å². The third-order valence-corrected chi connectivity index (χ3v) is 4.78. The maximum Gasteiger partial charge on any atom is 0.291 e. The molecule has 4 aromatic rings. The molecular formula is C21H18IN5O2. The molecule has 0 aliphatic carbocycles. The Morgan fingerprint density at radius 2 is 1.69 bits per heavy atom. The Labute approximate surface area is 181 Å². The highest BCUT2D eigenvalue weighted by molar-refractivity contribution is 14.1. The van der Waals surface area contributed by atoms with Crippen LogP contribution < -0.4 is 15.5 Å². The van der Waals surface area contributed by atoms with E-state index in [0.29, 0.717) is 15.4 Å². The highest BCUT2D eigenvalue weighted by atomic mass is 127. The fraction of sp³-hybridized carbons (Fsp3) is 0.0952. The lowest BCUT2D eigenvalue weighted by molar-refractivity contribution is 0.0995. The van der Waals surface area contributed by atoms with Gasteiger partial charge in [0.05, 0.1) is 5.52 Å². The van der Waals surface area contributed by atoms with Crippen molar-refractivity contribution in [3.05, 3.63) is 70.2 Å². The first-order chi connectivity index (χ1) is 14.0. The standard InChI is InChI=1S/C21H18IN5O2/c1-27(2)19-15-5-3-4-6-16(15)25-21(26-19)24-14-9-7-13(8-10-14)23-20(28)17-11-12-18(22)29-17/h3-12H,1-2H3,(H,23,28)(H,24,25,26). The van der Waals surface area contributed by atoms with Crippen LogP contribution in [0.5, 0.6) is 0 Å². The summed E-state index contributed by atoms with van der Waals surface area (Å²) in [4.78, 5) is 23.4. The normalized spacial score (nSPS) is 10.7. The number of halogens is 1. The van der Waals surface area contributed by atoms with Crippen molar-refractivity contribution in [2.45, 2.75) is 0 Å². The van der Waals surface area contributed by atoms with Gasteiger partial charge in [0.15, 0.2) is 9.53 Å². The van der Waals surface area contributed by atoms with Crippen molar-refractivity contribution < 1.29 is 9.21 Å². The van der Waals surface area contributed by atoms with Gasteiger partial charge < -0.3 is 20.0 Å². The van der Waals surface area contributed by atoms with E-state index in [4.69, 9.17) is 4.42 Å². The van der Waals surface area contributed by atoms with Gasteiger partial charge in [-0.3, -0.25) is 4.79 Å². The maximum atomic E-state index is 12.2. The number of amides is 1. The van der Waals surface area contributed by atoms with Gasteiger partial charge >= 0.3 is 0 Å². The molecule has 2 N–H and O–H groups in total. The Morgan fingerprint density at radius 3 is 2.38 bits per heavy atom. The monoisotopic (exact) mass is 499 g/mol. The summed E-state index contributed by atoms with van der Waals surface area (Å²) >= 11 is 2.02. The predicted octanol–water partition coefficient (Wildman–Crippen LogP) is 4.89. The third-order valence-electron chi connectivity index (χ3n) is 4.20. The maximum absolute atomic E-state index is 12.2. The Balaban J connectivity index is 1.52. The molecule has 4 rings (SSSR count). The fourth-order valence-electron chi connectivity index (χ4n) is 2.85. The lowest BCUT2D eigenvalue weighted by atomic mass is 10.2. The number of hydrogen-bond acceptors (Lipinski definition) is 6. The SMILES string of the molecule is CN(C)c1nc(Nc2ccc(NC(=O)c3ccc(I)o3)cc2)nc2ccccc12. The van der Waals surface area contributed by atoms with Gasteiger partial charge in [-0.1, -0.05) is 12.1 Å². The minimum atomic E-state index is -0.290. The number of aromatic nitrogens is 2. The summed E-state index contributed by atoms with van der Waals surface area (Å²) in [6, 6.07) is 18.6. The fourth-order valence-corrected chi connectivity index (χ4v) is 3.27. The molecule has 0 saturated heterocycles. The average molecular weight is 499 g/mol. The number of fused-ring (bicyclic) bond motifs is 1. The molecule has 2 heterocycles. The highest BCUT2D eigenvalue weighted by Gasteiger charge is 2.11. The van der Waals surface area contributed by atoms with E-state index in [1.165, 1.54) is 0 Å². The van der Waals surface area contributed by atoms with Gasteiger partial charge in [0, 0.05) is 30.9 Å². The summed E-state index contributed by atoms with van der Waals surface area (Å²) in [5.74, 6) is 1.34. The first kappa shape index (κ1) is 19.2. The lowest BCUT2D eigenvalue weighted by Crippen LogP contribution is -2.13. The molecule has 7 nitrogen and oxygen atoms in total. The molecule has 8 heteroatoms. The van der Waals surface area contributed by atoms with E-state index in [0.717, 1.165) is 22.4 Å². The van der Waals surface area contributed by atoms with E-state index in [9.17, 15) is 4.79 Å². The van der Waals surface area contributed by atoms with Crippen LogP contribution in [0.2, 0.25) is 0 Å². The molecule has 29 heavy (non-hydrogen) atoms. The number of carbonyl (C=O) groups is 1. The third kappa shape index (κ3) is 4.32. The summed E-state index contributed by atoms with van der Waals surface area (Å²) in [5.41, 5.74) is 2.35. The van der Waals surface area contributed by atoms with Gasteiger partial charge in [0.1, 0.15) is 5.82 Å². The van der Waals surface area contributed by atoms with Crippen LogP contribution in [-0.2, 0) is 0 Å². The number of nitrogens with one attached hydrogen (secondary N) is 2. The topological polar surface area (TPSA) is 83.3 Å². The minimum Gasteiger partial charge on any atom is -0.445 e. The first-order valence-corrected chi connectivity index (χ1v) is 9.95. The van der Waals surface area contributed by atoms with Gasteiger partial charge in [-0.15, -0.1) is 0 Å². The van der Waals surface area contributed by atoms with Crippen molar-refractivity contribution in [2.75, 3.05) is 29.6 Å². The Morgan fingerprint density at radius 1 is 0.966 bits per heavy atom. The van der Waals surface area contributed by atoms with Crippen LogP contribution in [0.25, 0.3) is 10.9 Å². The number of furan rings is 1. The quantitative estimate of drug-likeness (QED) is 0.381. The molecule has 0 fully saturated rings. The molecule has 0 radical (unpaired) electrons. The number of nitrogens with zero attached hydrogens (tertiary/aromatic N) is 3. The van der Waals surface area contributed by atoms with Crippen LogP contribution in [0.3, 0.4) is 0 Å². The molecule has 146 valence electrons. The Kier molecular flexibility index (Phi) is 5.34. The molecule has 0 atom stereocenters. The summed E-state index contributed by atoms with van der Waals surface area (Å²) in [5, 5.41) is 7.03. The summed E-state index contributed by atoms with van der Waals surface area (Å²) in [6.45, 7) is 0. The zero-order valence-corrected chi connectivity index (χ0v) is 18.0. The summed E-state index contributed by atoms with van der Waals surface area (Å²) in [6.07, 6.45) is 0. The zero-order chi connectivity index (χ0) is 20.4. The van der Waals surface area contributed by atoms with E-state index in [2.05, 4.69) is 20.6 Å². The average Bonchev–Trinajstić information content (AvgIpc) is 3.15. The predicted molar refractivity (Wildman–Crippen MR) is 123 cm³/mol. The van der Waals surface area contributed by atoms with Crippen LogP contribution in [0, 0.1) is 3.77 Å². The van der Waals surface area contributed by atoms with Crippen molar-refractivity contribution in [1.82, 2.24) is 9.97 Å². The van der Waals surface area contributed by atoms with E-state index in [1.54, 1.807) is 12.1 Å². The molecular weight excluding hydrogens is 481 g/mol. The molecule has 0 unspecified atom stereocenters. The second-order valence-corrected chi connectivity index (χ2v) is 7.61. The molecule has 0 saturated carbocycles. The number of rotatable bonds is 5. The Hall–Kier alpha value is -3.14. The zero-order valence-electron chi connectivity index (χ0n) is 15.8. The second-order valence-electron chi connectivity index (χ2n) is 6.54. The van der Waals surface area contributed by atoms with Crippen LogP contribution in [0.4, 0.5) is 23.1 Å². The lowest BCUT2D eigenvalue weighted by Gasteiger charge is -2.16. The van der Waals surface area contributed by atoms with Gasteiger partial charge in [-0.25, -0.2) is 4.98 Å². The van der Waals surface area contributed by atoms with Gasteiger partial charge in [-0.05, 0) is 71.1 Å². The van der Waals surface area contributed by atoms with Crippen molar-refractivity contribution in [3.8, 4) is 0 Å². The molecule has 2 aromatic carbocycles. The van der Waals surface area contributed by atoms with E-state index in [1.807, 2.05) is 90.1 Å². The van der Waals surface area contributed by atoms with Crippen molar-refractivity contribution in [2.24, 2.45) is 0 Å². The molecule has 1 amide bonds. The van der Waals surface area contributed by atoms with Crippen LogP contribution in [0.1, 0.15) is 10.6 Å². The molecule has 0 aliphatic rings. The number of para-hydroxylation sites is 1. The molecule has 0 bridgehead atoms. The number of carbonyl (C=O) groups excluding carboxylic acids is 1. The van der Waals surface area contributed by atoms with E-state index < -0.39 is 0 Å². The Bertz CT molecular complexity index is 1170. The minimum absolute atomic E-state index is 0.275. The largest absolute Gasteiger partial charge is 0.445 e.